The van der Waals surface area contributed by atoms with Crippen LogP contribution in [0, 0.1) is 0 Å². The molecule has 4 rings (SSSR count). The fraction of sp³-hybridized carbons (Fsp3) is 0.167. The Bertz CT molecular complexity index is 1610. The Hall–Kier alpha value is -3.90. The summed E-state index contributed by atoms with van der Waals surface area (Å²) < 4.78 is 40.8. The molecule has 0 saturated carbocycles. The molecular weight excluding hydrogens is 533 g/mol. The molecule has 2 heterocycles. The number of hydrogen-bond acceptors (Lipinski definition) is 5. The van der Waals surface area contributed by atoms with Gasteiger partial charge < -0.3 is 10.6 Å². The summed E-state index contributed by atoms with van der Waals surface area (Å²) in [5.41, 5.74) is -1.85. The van der Waals surface area contributed by atoms with Gasteiger partial charge in [-0.1, -0.05) is 35.9 Å². The number of carbonyl (C=O) groups is 2. The predicted molar refractivity (Wildman–Crippen MR) is 134 cm³/mol. The van der Waals surface area contributed by atoms with Crippen LogP contribution in [0.15, 0.2) is 69.6 Å². The van der Waals surface area contributed by atoms with E-state index in [9.17, 15) is 32.3 Å². The lowest BCUT2D eigenvalue weighted by Gasteiger charge is -2.13. The number of anilines is 1. The molecule has 2 aromatic heterocycles. The molecular formula is C24H18ClF3N4O4S. The van der Waals surface area contributed by atoms with Crippen LogP contribution in [0.3, 0.4) is 0 Å². The molecule has 2 aromatic carbocycles. The SMILES string of the molecule is O=C(Cn1c(=O)c2sccc2n(CC(=O)Nc2cccc(C(F)(F)F)c2)c1=O)NCc1ccccc1Cl. The summed E-state index contributed by atoms with van der Waals surface area (Å²) in [6, 6.07) is 12.4. The van der Waals surface area contributed by atoms with Crippen molar-refractivity contribution in [2.24, 2.45) is 0 Å². The van der Waals surface area contributed by atoms with E-state index in [0.29, 0.717) is 15.2 Å². The molecule has 0 radical (unpaired) electrons. The van der Waals surface area contributed by atoms with Gasteiger partial charge >= 0.3 is 11.9 Å². The Kier molecular flexibility index (Phi) is 7.50. The van der Waals surface area contributed by atoms with Crippen molar-refractivity contribution >= 4 is 50.7 Å². The van der Waals surface area contributed by atoms with Gasteiger partial charge in [0, 0.05) is 17.3 Å². The van der Waals surface area contributed by atoms with Crippen LogP contribution in [0.5, 0.6) is 0 Å². The summed E-state index contributed by atoms with van der Waals surface area (Å²) in [5.74, 6) is -1.42. The molecule has 0 spiro atoms. The van der Waals surface area contributed by atoms with Gasteiger partial charge in [0.2, 0.25) is 11.8 Å². The van der Waals surface area contributed by atoms with Crippen molar-refractivity contribution in [3.63, 3.8) is 0 Å². The van der Waals surface area contributed by atoms with E-state index in [1.807, 2.05) is 0 Å². The lowest BCUT2D eigenvalue weighted by atomic mass is 10.2. The molecule has 13 heteroatoms. The van der Waals surface area contributed by atoms with E-state index >= 15 is 0 Å². The lowest BCUT2D eigenvalue weighted by Crippen LogP contribution is -2.44. The highest BCUT2D eigenvalue weighted by atomic mass is 35.5. The second kappa shape index (κ2) is 10.6. The standard InChI is InChI=1S/C24H18ClF3N4O4S/c25-17-7-2-1-4-14(17)11-29-19(33)12-32-22(35)21-18(8-9-37-21)31(23(32)36)13-20(34)30-16-6-3-5-15(10-16)24(26,27)28/h1-10H,11-13H2,(H,29,33)(H,30,34). The average Bonchev–Trinajstić information content (AvgIpc) is 3.34. The maximum Gasteiger partial charge on any atom is 0.416 e. The number of benzene rings is 2. The van der Waals surface area contributed by atoms with Crippen LogP contribution < -0.4 is 21.9 Å². The van der Waals surface area contributed by atoms with Crippen LogP contribution in [-0.4, -0.2) is 20.9 Å². The van der Waals surface area contributed by atoms with Crippen LogP contribution in [0.25, 0.3) is 10.2 Å². The van der Waals surface area contributed by atoms with Gasteiger partial charge in [0.05, 0.1) is 11.1 Å². The van der Waals surface area contributed by atoms with Gasteiger partial charge in [-0.2, -0.15) is 13.2 Å². The predicted octanol–water partition coefficient (Wildman–Crippen LogP) is 3.85. The van der Waals surface area contributed by atoms with Gasteiger partial charge in [-0.25, -0.2) is 9.36 Å². The number of aromatic nitrogens is 2. The number of thiophene rings is 1. The zero-order valence-corrected chi connectivity index (χ0v) is 20.4. The summed E-state index contributed by atoms with van der Waals surface area (Å²) in [6.07, 6.45) is -4.59. The molecule has 0 fully saturated rings. The van der Waals surface area contributed by atoms with Crippen molar-refractivity contribution in [2.45, 2.75) is 25.8 Å². The minimum absolute atomic E-state index is 0.0715. The van der Waals surface area contributed by atoms with Crippen molar-refractivity contribution in [3.05, 3.63) is 97.0 Å². The fourth-order valence-electron chi connectivity index (χ4n) is 3.58. The second-order valence-electron chi connectivity index (χ2n) is 7.89. The van der Waals surface area contributed by atoms with E-state index < -0.39 is 47.9 Å². The highest BCUT2D eigenvalue weighted by Gasteiger charge is 2.30. The molecule has 2 N–H and O–H groups in total. The zero-order valence-electron chi connectivity index (χ0n) is 18.8. The summed E-state index contributed by atoms with van der Waals surface area (Å²) in [7, 11) is 0. The van der Waals surface area contributed by atoms with Crippen molar-refractivity contribution in [1.29, 1.82) is 0 Å². The van der Waals surface area contributed by atoms with Gasteiger partial charge in [-0.3, -0.25) is 19.0 Å². The quantitative estimate of drug-likeness (QED) is 0.365. The summed E-state index contributed by atoms with van der Waals surface area (Å²) in [4.78, 5) is 51.2. The van der Waals surface area contributed by atoms with E-state index in [4.69, 9.17) is 11.6 Å². The first-order valence-corrected chi connectivity index (χ1v) is 12.0. The van der Waals surface area contributed by atoms with Crippen LogP contribution in [0.1, 0.15) is 11.1 Å². The normalized spacial score (nSPS) is 11.5. The first-order valence-electron chi connectivity index (χ1n) is 10.7. The fourth-order valence-corrected chi connectivity index (χ4v) is 4.62. The Morgan fingerprint density at radius 3 is 2.41 bits per heavy atom. The smallest absolute Gasteiger partial charge is 0.350 e. The van der Waals surface area contributed by atoms with Crippen LogP contribution in [0.2, 0.25) is 5.02 Å². The Morgan fingerprint density at radius 2 is 1.68 bits per heavy atom. The topological polar surface area (TPSA) is 102 Å². The first kappa shape index (κ1) is 26.2. The Balaban J connectivity index is 1.57. The van der Waals surface area contributed by atoms with Gasteiger partial charge in [0.25, 0.3) is 5.56 Å². The van der Waals surface area contributed by atoms with Gasteiger partial charge in [0.15, 0.2) is 0 Å². The highest BCUT2D eigenvalue weighted by molar-refractivity contribution is 7.17. The second-order valence-corrected chi connectivity index (χ2v) is 9.21. The van der Waals surface area contributed by atoms with Crippen LogP contribution in [-0.2, 0) is 35.4 Å². The van der Waals surface area contributed by atoms with E-state index in [1.165, 1.54) is 12.1 Å². The first-order chi connectivity index (χ1) is 17.5. The third kappa shape index (κ3) is 5.92. The van der Waals surface area contributed by atoms with Gasteiger partial charge in [-0.15, -0.1) is 11.3 Å². The van der Waals surface area contributed by atoms with Crippen molar-refractivity contribution in [2.75, 3.05) is 5.32 Å². The summed E-state index contributed by atoms with van der Waals surface area (Å²) in [5, 5.41) is 6.92. The molecule has 4 aromatic rings. The highest BCUT2D eigenvalue weighted by Crippen LogP contribution is 2.30. The van der Waals surface area contributed by atoms with E-state index in [-0.39, 0.29) is 22.4 Å². The van der Waals surface area contributed by atoms with Gasteiger partial charge in [0.1, 0.15) is 17.8 Å². The minimum Gasteiger partial charge on any atom is -0.350 e. The van der Waals surface area contributed by atoms with Crippen molar-refractivity contribution in [3.8, 4) is 0 Å². The maximum absolute atomic E-state index is 13.1. The zero-order chi connectivity index (χ0) is 26.7. The number of amides is 2. The Labute approximate surface area is 215 Å². The molecule has 0 atom stereocenters. The minimum atomic E-state index is -4.59. The maximum atomic E-state index is 13.1. The molecule has 0 bridgehead atoms. The largest absolute Gasteiger partial charge is 0.416 e. The Morgan fingerprint density at radius 1 is 0.946 bits per heavy atom. The van der Waals surface area contributed by atoms with E-state index in [2.05, 4.69) is 10.6 Å². The molecule has 0 saturated heterocycles. The number of fused-ring (bicyclic) bond motifs is 1. The molecule has 8 nitrogen and oxygen atoms in total. The lowest BCUT2D eigenvalue weighted by molar-refractivity contribution is -0.137. The molecule has 0 aliphatic heterocycles. The van der Waals surface area contributed by atoms with E-state index in [1.54, 1.807) is 29.6 Å². The van der Waals surface area contributed by atoms with Gasteiger partial charge in [-0.05, 0) is 41.3 Å². The number of carbonyl (C=O) groups excluding carboxylic acids is 2. The molecule has 37 heavy (non-hydrogen) atoms. The van der Waals surface area contributed by atoms with E-state index in [0.717, 1.165) is 34.1 Å². The van der Waals surface area contributed by atoms with Crippen LogP contribution in [0.4, 0.5) is 18.9 Å². The number of hydrogen-bond donors (Lipinski definition) is 2. The number of nitrogens with zero attached hydrogens (tertiary/aromatic N) is 2. The molecule has 0 aliphatic rings. The van der Waals surface area contributed by atoms with Crippen molar-refractivity contribution in [1.82, 2.24) is 14.5 Å². The monoisotopic (exact) mass is 550 g/mol. The average molecular weight is 551 g/mol. The third-order valence-corrected chi connectivity index (χ3v) is 6.61. The third-order valence-electron chi connectivity index (χ3n) is 5.35. The number of halogens is 4. The molecule has 0 unspecified atom stereocenters. The summed E-state index contributed by atoms with van der Waals surface area (Å²) >= 11 is 7.10. The number of rotatable bonds is 7. The molecule has 0 aliphatic carbocycles. The number of alkyl halides is 3. The summed E-state index contributed by atoms with van der Waals surface area (Å²) in [6.45, 7) is -1.13. The molecule has 2 amide bonds. The van der Waals surface area contributed by atoms with Crippen molar-refractivity contribution < 1.29 is 22.8 Å². The number of nitrogens with one attached hydrogen (secondary N) is 2. The molecule has 192 valence electrons. The van der Waals surface area contributed by atoms with Crippen LogP contribution >= 0.6 is 22.9 Å².